The molecule has 0 aliphatic carbocycles. The summed E-state index contributed by atoms with van der Waals surface area (Å²) in [5.41, 5.74) is 2.66. The standard InChI is InChI=1S/C6H8FN3/c7-5-2-1-3-9-6(5)4-10-8/h1-3,10H,4,8H2. The molecule has 0 bridgehead atoms. The molecule has 10 heavy (non-hydrogen) atoms. The van der Waals surface area contributed by atoms with Gasteiger partial charge in [0, 0.05) is 6.20 Å². The van der Waals surface area contributed by atoms with Crippen molar-refractivity contribution in [2.75, 3.05) is 0 Å². The number of nitrogens with zero attached hydrogens (tertiary/aromatic N) is 1. The van der Waals surface area contributed by atoms with Gasteiger partial charge in [0.1, 0.15) is 5.82 Å². The van der Waals surface area contributed by atoms with Crippen molar-refractivity contribution in [3.63, 3.8) is 0 Å². The lowest BCUT2D eigenvalue weighted by Gasteiger charge is -1.97. The highest BCUT2D eigenvalue weighted by Gasteiger charge is 1.98. The number of halogens is 1. The van der Waals surface area contributed by atoms with Gasteiger partial charge in [-0.1, -0.05) is 0 Å². The second-order valence-corrected chi connectivity index (χ2v) is 1.81. The molecule has 0 saturated heterocycles. The van der Waals surface area contributed by atoms with Crippen LogP contribution in [0.5, 0.6) is 0 Å². The average Bonchev–Trinajstić information content (AvgIpc) is 1.94. The first-order valence-corrected chi connectivity index (χ1v) is 2.87. The molecule has 0 saturated carbocycles. The molecule has 3 N–H and O–H groups in total. The van der Waals surface area contributed by atoms with Crippen LogP contribution in [0.15, 0.2) is 18.3 Å². The highest BCUT2D eigenvalue weighted by molar-refractivity contribution is 5.06. The van der Waals surface area contributed by atoms with Gasteiger partial charge in [-0.25, -0.2) is 4.39 Å². The Bertz CT molecular complexity index is 214. The topological polar surface area (TPSA) is 50.9 Å². The van der Waals surface area contributed by atoms with Gasteiger partial charge < -0.3 is 0 Å². The molecule has 1 heterocycles. The number of pyridine rings is 1. The smallest absolute Gasteiger partial charge is 0.146 e. The number of aromatic nitrogens is 1. The van der Waals surface area contributed by atoms with Gasteiger partial charge in [0.05, 0.1) is 12.2 Å². The minimum atomic E-state index is -0.333. The van der Waals surface area contributed by atoms with Crippen LogP contribution in [0, 0.1) is 5.82 Å². The van der Waals surface area contributed by atoms with Crippen molar-refractivity contribution < 1.29 is 4.39 Å². The van der Waals surface area contributed by atoms with Gasteiger partial charge in [0.25, 0.3) is 0 Å². The van der Waals surface area contributed by atoms with E-state index in [9.17, 15) is 4.39 Å². The van der Waals surface area contributed by atoms with Crippen molar-refractivity contribution in [2.45, 2.75) is 6.54 Å². The van der Waals surface area contributed by atoms with Gasteiger partial charge in [-0.05, 0) is 12.1 Å². The van der Waals surface area contributed by atoms with Crippen molar-refractivity contribution in [3.05, 3.63) is 29.8 Å². The molecule has 0 aromatic carbocycles. The quantitative estimate of drug-likeness (QED) is 0.456. The van der Waals surface area contributed by atoms with E-state index < -0.39 is 0 Å². The summed E-state index contributed by atoms with van der Waals surface area (Å²) in [6, 6.07) is 2.88. The molecule has 1 rings (SSSR count). The van der Waals surface area contributed by atoms with Gasteiger partial charge in [-0.2, -0.15) is 0 Å². The molecule has 0 amide bonds. The Balaban J connectivity index is 2.81. The first kappa shape index (κ1) is 7.11. The Morgan fingerprint density at radius 3 is 3.10 bits per heavy atom. The molecule has 0 radical (unpaired) electrons. The minimum Gasteiger partial charge on any atom is -0.271 e. The predicted octanol–water partition coefficient (Wildman–Crippen LogP) is 0.184. The molecule has 1 aromatic rings. The third kappa shape index (κ3) is 1.49. The fraction of sp³-hybridized carbons (Fsp3) is 0.167. The SMILES string of the molecule is NNCc1ncccc1F. The maximum atomic E-state index is 12.6. The second kappa shape index (κ2) is 3.24. The Hall–Kier alpha value is -1.00. The van der Waals surface area contributed by atoms with Gasteiger partial charge in [0.15, 0.2) is 0 Å². The Labute approximate surface area is 58.0 Å². The lowest BCUT2D eigenvalue weighted by molar-refractivity contribution is 0.580. The summed E-state index contributed by atoms with van der Waals surface area (Å²) in [6.07, 6.45) is 1.52. The van der Waals surface area contributed by atoms with Gasteiger partial charge in [-0.3, -0.25) is 16.3 Å². The van der Waals surface area contributed by atoms with Crippen LogP contribution < -0.4 is 11.3 Å². The fourth-order valence-electron chi connectivity index (χ4n) is 0.645. The number of nitrogens with one attached hydrogen (secondary N) is 1. The van der Waals surface area contributed by atoms with E-state index >= 15 is 0 Å². The van der Waals surface area contributed by atoms with Crippen LogP contribution >= 0.6 is 0 Å². The average molecular weight is 141 g/mol. The van der Waals surface area contributed by atoms with Gasteiger partial charge >= 0.3 is 0 Å². The maximum Gasteiger partial charge on any atom is 0.146 e. The van der Waals surface area contributed by atoms with Gasteiger partial charge in [-0.15, -0.1) is 0 Å². The number of rotatable bonds is 2. The van der Waals surface area contributed by atoms with Crippen LogP contribution in [0.4, 0.5) is 4.39 Å². The third-order valence-corrected chi connectivity index (χ3v) is 1.10. The maximum absolute atomic E-state index is 12.6. The molecule has 1 aromatic heterocycles. The van der Waals surface area contributed by atoms with E-state index in [0.717, 1.165) is 0 Å². The number of nitrogens with two attached hydrogens (primary N) is 1. The van der Waals surface area contributed by atoms with E-state index in [-0.39, 0.29) is 12.4 Å². The van der Waals surface area contributed by atoms with Crippen LogP contribution in [-0.2, 0) is 6.54 Å². The molecule has 0 aliphatic heterocycles. The van der Waals surface area contributed by atoms with Crippen molar-refractivity contribution in [1.82, 2.24) is 10.4 Å². The first-order valence-electron chi connectivity index (χ1n) is 2.87. The van der Waals surface area contributed by atoms with Crippen LogP contribution in [0.2, 0.25) is 0 Å². The zero-order valence-corrected chi connectivity index (χ0v) is 5.34. The number of hydrazine groups is 1. The molecule has 0 atom stereocenters. The number of hydrogen-bond acceptors (Lipinski definition) is 3. The molecule has 3 nitrogen and oxygen atoms in total. The van der Waals surface area contributed by atoms with E-state index in [2.05, 4.69) is 10.4 Å². The zero-order valence-electron chi connectivity index (χ0n) is 5.34. The Kier molecular flexibility index (Phi) is 2.30. The van der Waals surface area contributed by atoms with E-state index in [4.69, 9.17) is 5.84 Å². The van der Waals surface area contributed by atoms with Crippen LogP contribution in [0.25, 0.3) is 0 Å². The third-order valence-electron chi connectivity index (χ3n) is 1.10. The predicted molar refractivity (Wildman–Crippen MR) is 35.2 cm³/mol. The summed E-state index contributed by atoms with van der Waals surface area (Å²) < 4.78 is 12.6. The molecule has 54 valence electrons. The van der Waals surface area contributed by atoms with Gasteiger partial charge in [0.2, 0.25) is 0 Å². The monoisotopic (exact) mass is 141 g/mol. The summed E-state index contributed by atoms with van der Waals surface area (Å²) in [6.45, 7) is 0.257. The highest BCUT2D eigenvalue weighted by Crippen LogP contribution is 2.00. The highest BCUT2D eigenvalue weighted by atomic mass is 19.1. The van der Waals surface area contributed by atoms with Crippen molar-refractivity contribution in [1.29, 1.82) is 0 Å². The minimum absolute atomic E-state index is 0.257. The largest absolute Gasteiger partial charge is 0.271 e. The lowest BCUT2D eigenvalue weighted by Crippen LogP contribution is -2.22. The molecule has 0 spiro atoms. The summed E-state index contributed by atoms with van der Waals surface area (Å²) in [5.74, 6) is 4.64. The van der Waals surface area contributed by atoms with E-state index in [1.54, 1.807) is 0 Å². The summed E-state index contributed by atoms with van der Waals surface area (Å²) in [7, 11) is 0. The van der Waals surface area contributed by atoms with Crippen molar-refractivity contribution >= 4 is 0 Å². The second-order valence-electron chi connectivity index (χ2n) is 1.81. The summed E-state index contributed by atoms with van der Waals surface area (Å²) in [5, 5.41) is 0. The first-order chi connectivity index (χ1) is 4.84. The lowest BCUT2D eigenvalue weighted by atomic mass is 10.3. The molecule has 0 aliphatic rings. The molecule has 0 fully saturated rings. The molecular formula is C6H8FN3. The molecular weight excluding hydrogens is 133 g/mol. The Morgan fingerprint density at radius 1 is 1.70 bits per heavy atom. The van der Waals surface area contributed by atoms with Crippen LogP contribution in [-0.4, -0.2) is 4.98 Å². The van der Waals surface area contributed by atoms with E-state index in [1.807, 2.05) is 0 Å². The Morgan fingerprint density at radius 2 is 2.50 bits per heavy atom. The van der Waals surface area contributed by atoms with E-state index in [1.165, 1.54) is 18.3 Å². The van der Waals surface area contributed by atoms with Crippen LogP contribution in [0.1, 0.15) is 5.69 Å². The summed E-state index contributed by atoms with van der Waals surface area (Å²) >= 11 is 0. The summed E-state index contributed by atoms with van der Waals surface area (Å²) in [4.78, 5) is 3.75. The van der Waals surface area contributed by atoms with E-state index in [0.29, 0.717) is 5.69 Å². The molecule has 0 unspecified atom stereocenters. The van der Waals surface area contributed by atoms with Crippen molar-refractivity contribution in [2.24, 2.45) is 5.84 Å². The number of hydrogen-bond donors (Lipinski definition) is 2. The zero-order chi connectivity index (χ0) is 7.40. The van der Waals surface area contributed by atoms with Crippen molar-refractivity contribution in [3.8, 4) is 0 Å². The van der Waals surface area contributed by atoms with Crippen LogP contribution in [0.3, 0.4) is 0 Å². The normalized spacial score (nSPS) is 9.80. The molecule has 4 heteroatoms. The fourth-order valence-corrected chi connectivity index (χ4v) is 0.645.